The van der Waals surface area contributed by atoms with Crippen LogP contribution < -0.4 is 10.7 Å². The summed E-state index contributed by atoms with van der Waals surface area (Å²) in [5.74, 6) is -0.408. The Labute approximate surface area is 228 Å². The number of pyridine rings is 1. The lowest BCUT2D eigenvalue weighted by molar-refractivity contribution is 0.0342. The zero-order valence-corrected chi connectivity index (χ0v) is 22.5. The summed E-state index contributed by atoms with van der Waals surface area (Å²) in [5, 5.41) is 4.05. The highest BCUT2D eigenvalue weighted by atomic mass is 127. The number of halogens is 2. The Balaban J connectivity index is 1.54. The van der Waals surface area contributed by atoms with E-state index in [2.05, 4.69) is 38.9 Å². The van der Waals surface area contributed by atoms with Gasteiger partial charge in [0.2, 0.25) is 5.43 Å². The maximum atomic E-state index is 13.6. The number of nitrogens with one attached hydrogen (secondary N) is 1. The molecular weight excluding hydrogens is 589 g/mol. The quantitative estimate of drug-likeness (QED) is 0.311. The molecule has 3 aromatic carbocycles. The van der Waals surface area contributed by atoms with Crippen LogP contribution >= 0.6 is 34.2 Å². The molecule has 1 N–H and O–H groups in total. The molecule has 184 valence electrons. The van der Waals surface area contributed by atoms with E-state index in [4.69, 9.17) is 16.3 Å². The fourth-order valence-electron chi connectivity index (χ4n) is 4.37. The molecular formula is C28H25ClIN3O3. The fraction of sp³-hybridized carbons (Fsp3) is 0.214. The van der Waals surface area contributed by atoms with Crippen molar-refractivity contribution in [2.75, 3.05) is 26.3 Å². The molecule has 1 fully saturated rings. The van der Waals surface area contributed by atoms with Crippen molar-refractivity contribution in [3.8, 4) is 5.69 Å². The molecule has 0 atom stereocenters. The topological polar surface area (TPSA) is 63.6 Å². The molecule has 6 nitrogen and oxygen atoms in total. The first-order valence-corrected chi connectivity index (χ1v) is 13.2. The molecule has 2 heterocycles. The third-order valence-electron chi connectivity index (χ3n) is 6.28. The summed E-state index contributed by atoms with van der Waals surface area (Å²) >= 11 is 8.23. The Kier molecular flexibility index (Phi) is 7.71. The van der Waals surface area contributed by atoms with Crippen molar-refractivity contribution >= 4 is 51.0 Å². The number of amides is 1. The zero-order chi connectivity index (χ0) is 25.1. The number of benzene rings is 3. The molecule has 0 saturated carbocycles. The van der Waals surface area contributed by atoms with Crippen molar-refractivity contribution in [3.05, 3.63) is 108 Å². The molecule has 1 aromatic heterocycles. The molecule has 5 rings (SSSR count). The lowest BCUT2D eigenvalue weighted by atomic mass is 10.1. The third kappa shape index (κ3) is 5.64. The van der Waals surface area contributed by atoms with Gasteiger partial charge >= 0.3 is 0 Å². The van der Waals surface area contributed by atoms with Gasteiger partial charge in [-0.2, -0.15) is 0 Å². The molecule has 1 saturated heterocycles. The van der Waals surface area contributed by atoms with Gasteiger partial charge in [-0.05, 0) is 76.2 Å². The van der Waals surface area contributed by atoms with E-state index in [-0.39, 0.29) is 11.0 Å². The molecule has 0 spiro atoms. The second kappa shape index (κ2) is 11.1. The molecule has 1 aliphatic rings. The predicted molar refractivity (Wildman–Crippen MR) is 151 cm³/mol. The van der Waals surface area contributed by atoms with Crippen LogP contribution in [0.3, 0.4) is 0 Å². The van der Waals surface area contributed by atoms with E-state index in [0.717, 1.165) is 45.5 Å². The normalized spacial score (nSPS) is 14.2. The van der Waals surface area contributed by atoms with E-state index in [1.54, 1.807) is 18.3 Å². The molecule has 1 amide bonds. The van der Waals surface area contributed by atoms with Gasteiger partial charge in [-0.15, -0.1) is 0 Å². The largest absolute Gasteiger partial charge is 0.379 e. The van der Waals surface area contributed by atoms with Crippen molar-refractivity contribution in [2.24, 2.45) is 0 Å². The summed E-state index contributed by atoms with van der Waals surface area (Å²) in [6, 6.07) is 21.2. The second-order valence-electron chi connectivity index (χ2n) is 8.77. The number of morpholine rings is 1. The first kappa shape index (κ1) is 25.0. The summed E-state index contributed by atoms with van der Waals surface area (Å²) in [5.41, 5.74) is 3.43. The Morgan fingerprint density at radius 1 is 1.00 bits per heavy atom. The minimum atomic E-state index is -0.408. The Morgan fingerprint density at radius 3 is 2.50 bits per heavy atom. The van der Waals surface area contributed by atoms with Crippen LogP contribution in [0.2, 0.25) is 5.02 Å². The number of fused-ring (bicyclic) bond motifs is 1. The van der Waals surface area contributed by atoms with Crippen LogP contribution in [0.25, 0.3) is 16.6 Å². The monoisotopic (exact) mass is 613 g/mol. The summed E-state index contributed by atoms with van der Waals surface area (Å²) in [6.45, 7) is 4.18. The standard InChI is InChI=1S/C28H25ClIN3O3/c29-21-7-4-19(5-8-21)16-31-28(35)25-18-33(23-3-1-2-22(30)15-23)26-9-6-20(14-24(26)27(25)34)17-32-10-12-36-13-11-32/h1-9,14-15,18H,10-13,16-17H2,(H,31,35). The summed E-state index contributed by atoms with van der Waals surface area (Å²) < 4.78 is 8.45. The summed E-state index contributed by atoms with van der Waals surface area (Å²) in [4.78, 5) is 29.1. The van der Waals surface area contributed by atoms with Crippen LogP contribution in [-0.4, -0.2) is 41.7 Å². The zero-order valence-electron chi connectivity index (χ0n) is 19.5. The lowest BCUT2D eigenvalue weighted by Crippen LogP contribution is -2.35. The molecule has 36 heavy (non-hydrogen) atoms. The first-order chi connectivity index (χ1) is 17.5. The van der Waals surface area contributed by atoms with Crippen molar-refractivity contribution in [2.45, 2.75) is 13.1 Å². The van der Waals surface area contributed by atoms with E-state index < -0.39 is 5.91 Å². The Hall–Kier alpha value is -2.72. The van der Waals surface area contributed by atoms with E-state index in [1.807, 2.05) is 53.1 Å². The minimum absolute atomic E-state index is 0.110. The predicted octanol–water partition coefficient (Wildman–Crippen LogP) is 5.01. The van der Waals surface area contributed by atoms with Gasteiger partial charge in [0.15, 0.2) is 0 Å². The highest BCUT2D eigenvalue weighted by Crippen LogP contribution is 2.22. The number of carbonyl (C=O) groups excluding carboxylic acids is 1. The number of ether oxygens (including phenoxy) is 1. The molecule has 0 unspecified atom stereocenters. The molecule has 0 radical (unpaired) electrons. The first-order valence-electron chi connectivity index (χ1n) is 11.7. The van der Waals surface area contributed by atoms with Crippen LogP contribution in [-0.2, 0) is 17.8 Å². The number of nitrogens with zero attached hydrogens (tertiary/aromatic N) is 2. The van der Waals surface area contributed by atoms with Crippen LogP contribution in [0.4, 0.5) is 0 Å². The molecule has 4 aromatic rings. The summed E-state index contributed by atoms with van der Waals surface area (Å²) in [7, 11) is 0. The van der Waals surface area contributed by atoms with Crippen LogP contribution in [0.15, 0.2) is 77.7 Å². The van der Waals surface area contributed by atoms with Gasteiger partial charge < -0.3 is 14.6 Å². The van der Waals surface area contributed by atoms with Crippen molar-refractivity contribution in [1.82, 2.24) is 14.8 Å². The van der Waals surface area contributed by atoms with E-state index in [1.165, 1.54) is 0 Å². The third-order valence-corrected chi connectivity index (χ3v) is 7.20. The van der Waals surface area contributed by atoms with Crippen molar-refractivity contribution < 1.29 is 9.53 Å². The van der Waals surface area contributed by atoms with Crippen molar-refractivity contribution in [3.63, 3.8) is 0 Å². The minimum Gasteiger partial charge on any atom is -0.379 e. The second-order valence-corrected chi connectivity index (χ2v) is 10.5. The molecule has 1 aliphatic heterocycles. The molecule has 0 aliphatic carbocycles. The van der Waals surface area contributed by atoms with Gasteiger partial charge in [-0.1, -0.05) is 35.9 Å². The SMILES string of the molecule is O=C(NCc1ccc(Cl)cc1)c1cn(-c2cccc(I)c2)c2ccc(CN3CCOCC3)cc2c1=O. The highest BCUT2D eigenvalue weighted by molar-refractivity contribution is 14.1. The number of rotatable bonds is 6. The maximum Gasteiger partial charge on any atom is 0.257 e. The average Bonchev–Trinajstić information content (AvgIpc) is 2.89. The number of aromatic nitrogens is 1. The number of hydrogen-bond donors (Lipinski definition) is 1. The Bertz CT molecular complexity index is 1460. The number of carbonyl (C=O) groups is 1. The lowest BCUT2D eigenvalue weighted by Gasteiger charge is -2.26. The maximum absolute atomic E-state index is 13.6. The van der Waals surface area contributed by atoms with Crippen LogP contribution in [0.5, 0.6) is 0 Å². The van der Waals surface area contributed by atoms with Crippen molar-refractivity contribution in [1.29, 1.82) is 0 Å². The van der Waals surface area contributed by atoms with Gasteiger partial charge in [0.05, 0.1) is 18.7 Å². The van der Waals surface area contributed by atoms with E-state index in [0.29, 0.717) is 30.2 Å². The number of hydrogen-bond acceptors (Lipinski definition) is 4. The van der Waals surface area contributed by atoms with Gasteiger partial charge in [0, 0.05) is 52.0 Å². The van der Waals surface area contributed by atoms with E-state index in [9.17, 15) is 9.59 Å². The van der Waals surface area contributed by atoms with Crippen LogP contribution in [0.1, 0.15) is 21.5 Å². The fourth-order valence-corrected chi connectivity index (χ4v) is 5.03. The van der Waals surface area contributed by atoms with E-state index >= 15 is 0 Å². The van der Waals surface area contributed by atoms with Gasteiger partial charge in [-0.3, -0.25) is 14.5 Å². The Morgan fingerprint density at radius 2 is 1.75 bits per heavy atom. The van der Waals surface area contributed by atoms with Gasteiger partial charge in [-0.25, -0.2) is 0 Å². The summed E-state index contributed by atoms with van der Waals surface area (Å²) in [6.07, 6.45) is 1.65. The van der Waals surface area contributed by atoms with Gasteiger partial charge in [0.1, 0.15) is 5.56 Å². The highest BCUT2D eigenvalue weighted by Gasteiger charge is 2.18. The molecule has 8 heteroatoms. The smallest absolute Gasteiger partial charge is 0.257 e. The van der Waals surface area contributed by atoms with Gasteiger partial charge in [0.25, 0.3) is 5.91 Å². The molecule has 0 bridgehead atoms. The van der Waals surface area contributed by atoms with Crippen LogP contribution in [0, 0.1) is 3.57 Å². The average molecular weight is 614 g/mol.